The Morgan fingerprint density at radius 2 is 0.885 bits per heavy atom. The molecule has 0 atom stereocenters. The molecule has 0 aliphatic rings. The first-order chi connectivity index (χ1) is 25.8. The highest BCUT2D eigenvalue weighted by Gasteiger charge is 2.20. The molecular weight excluding hydrogens is 631 g/mol. The Morgan fingerprint density at radius 3 is 1.75 bits per heavy atom. The van der Waals surface area contributed by atoms with Crippen LogP contribution in [0.1, 0.15) is 0 Å². The highest BCUT2D eigenvalue weighted by molar-refractivity contribution is 6.17. The minimum atomic E-state index is 0.899. The molecule has 52 heavy (non-hydrogen) atoms. The number of hydrogen-bond acceptors (Lipinski definition) is 2. The number of anilines is 3. The summed E-state index contributed by atoms with van der Waals surface area (Å²) in [4.78, 5) is 2.35. The average Bonchev–Trinajstić information content (AvgIpc) is 3.61. The number of para-hydroxylation sites is 3. The molecule has 0 unspecified atom stereocenters. The van der Waals surface area contributed by atoms with E-state index in [1.165, 1.54) is 38.4 Å². The Hall–Kier alpha value is -6.90. The average molecular weight is 664 g/mol. The maximum Gasteiger partial charge on any atom is 0.143 e. The first-order valence-corrected chi connectivity index (χ1v) is 17.8. The van der Waals surface area contributed by atoms with Gasteiger partial charge in [-0.25, -0.2) is 0 Å². The lowest BCUT2D eigenvalue weighted by Gasteiger charge is -2.28. The van der Waals surface area contributed by atoms with Crippen LogP contribution < -0.4 is 4.90 Å². The molecule has 0 N–H and O–H groups in total. The molecule has 2 heteroatoms. The Balaban J connectivity index is 1.07. The number of hydrogen-bond donors (Lipinski definition) is 0. The van der Waals surface area contributed by atoms with E-state index in [-0.39, 0.29) is 0 Å². The summed E-state index contributed by atoms with van der Waals surface area (Å²) < 4.78 is 6.81. The SMILES string of the molecule is c1ccc(N(c2ccc(-c3cccc(-c4ccc5ccccc5c4)c3)cc2)c2ccccc2-c2cccc3c2oc2c4ccccc4ccc32)cc1. The third-order valence-corrected chi connectivity index (χ3v) is 10.2. The minimum absolute atomic E-state index is 0.899. The molecule has 0 aliphatic heterocycles. The molecule has 244 valence electrons. The van der Waals surface area contributed by atoms with E-state index >= 15 is 0 Å². The second kappa shape index (κ2) is 12.5. The zero-order valence-electron chi connectivity index (χ0n) is 28.4. The fraction of sp³-hybridized carbons (Fsp3) is 0. The third kappa shape index (κ3) is 5.12. The summed E-state index contributed by atoms with van der Waals surface area (Å²) >= 11 is 0. The molecular formula is C50H33NO. The van der Waals surface area contributed by atoms with Crippen LogP contribution in [0.5, 0.6) is 0 Å². The Kier molecular flexibility index (Phi) is 7.18. The van der Waals surface area contributed by atoms with Crippen LogP contribution in [0.3, 0.4) is 0 Å². The van der Waals surface area contributed by atoms with Crippen molar-refractivity contribution in [3.63, 3.8) is 0 Å². The van der Waals surface area contributed by atoms with Gasteiger partial charge in [0, 0.05) is 38.7 Å². The summed E-state index contributed by atoms with van der Waals surface area (Å²) in [6.45, 7) is 0. The van der Waals surface area contributed by atoms with Gasteiger partial charge in [0.2, 0.25) is 0 Å². The van der Waals surface area contributed by atoms with Gasteiger partial charge in [0.1, 0.15) is 11.2 Å². The van der Waals surface area contributed by atoms with E-state index in [9.17, 15) is 0 Å². The van der Waals surface area contributed by atoms with Crippen molar-refractivity contribution in [2.24, 2.45) is 0 Å². The van der Waals surface area contributed by atoms with Crippen LogP contribution in [-0.4, -0.2) is 0 Å². The molecule has 0 amide bonds. The van der Waals surface area contributed by atoms with Crippen molar-refractivity contribution in [1.82, 2.24) is 0 Å². The van der Waals surface area contributed by atoms with E-state index in [1.807, 2.05) is 0 Å². The zero-order valence-corrected chi connectivity index (χ0v) is 28.4. The van der Waals surface area contributed by atoms with Gasteiger partial charge in [-0.3, -0.25) is 0 Å². The second-order valence-electron chi connectivity index (χ2n) is 13.3. The Labute approximate surface area is 302 Å². The van der Waals surface area contributed by atoms with Crippen LogP contribution >= 0.6 is 0 Å². The minimum Gasteiger partial charge on any atom is -0.455 e. The molecule has 0 bridgehead atoms. The molecule has 1 aromatic heterocycles. The van der Waals surface area contributed by atoms with Crippen molar-refractivity contribution >= 4 is 60.5 Å². The zero-order chi connectivity index (χ0) is 34.4. The van der Waals surface area contributed by atoms with E-state index in [2.05, 4.69) is 205 Å². The van der Waals surface area contributed by atoms with Gasteiger partial charge >= 0.3 is 0 Å². The molecule has 2 nitrogen and oxygen atoms in total. The maximum atomic E-state index is 6.81. The first-order valence-electron chi connectivity index (χ1n) is 17.8. The van der Waals surface area contributed by atoms with Crippen LogP contribution in [0.2, 0.25) is 0 Å². The molecule has 0 radical (unpaired) electrons. The summed E-state index contributed by atoms with van der Waals surface area (Å²) in [5.41, 5.74) is 12.0. The Bertz CT molecular complexity index is 2900. The summed E-state index contributed by atoms with van der Waals surface area (Å²) in [7, 11) is 0. The number of furan rings is 1. The summed E-state index contributed by atoms with van der Waals surface area (Å²) in [6.07, 6.45) is 0. The summed E-state index contributed by atoms with van der Waals surface area (Å²) in [6, 6.07) is 71.6. The number of nitrogens with zero attached hydrogens (tertiary/aromatic N) is 1. The quantitative estimate of drug-likeness (QED) is 0.176. The van der Waals surface area contributed by atoms with Gasteiger partial charge in [-0.1, -0.05) is 152 Å². The Morgan fingerprint density at radius 1 is 0.308 bits per heavy atom. The molecule has 10 aromatic rings. The predicted molar refractivity (Wildman–Crippen MR) is 220 cm³/mol. The lowest BCUT2D eigenvalue weighted by Crippen LogP contribution is -2.11. The lowest BCUT2D eigenvalue weighted by atomic mass is 9.97. The van der Waals surface area contributed by atoms with Gasteiger partial charge in [0.25, 0.3) is 0 Å². The van der Waals surface area contributed by atoms with Gasteiger partial charge in [-0.15, -0.1) is 0 Å². The molecule has 0 spiro atoms. The standard InChI is InChI=1S/C50H33NO/c1-2-17-41(18-3-1)51(42-29-26-35(27-30-42)38-15-10-16-39(32-38)40-25-24-34-12-4-5-14-37(34)33-40)48-23-9-8-20-44(48)45-21-11-22-46-47-31-28-36-13-6-7-19-43(36)49(47)52-50(45)46/h1-33H. The molecule has 0 saturated carbocycles. The molecule has 9 aromatic carbocycles. The predicted octanol–water partition coefficient (Wildman–Crippen LogP) is 14.4. The molecule has 0 saturated heterocycles. The summed E-state index contributed by atoms with van der Waals surface area (Å²) in [5, 5.41) is 7.06. The highest BCUT2D eigenvalue weighted by Crippen LogP contribution is 2.45. The van der Waals surface area contributed by atoms with Gasteiger partial charge in [-0.2, -0.15) is 0 Å². The van der Waals surface area contributed by atoms with Gasteiger partial charge < -0.3 is 9.32 Å². The third-order valence-electron chi connectivity index (χ3n) is 10.2. The number of benzene rings is 9. The van der Waals surface area contributed by atoms with Crippen molar-refractivity contribution in [3.8, 4) is 33.4 Å². The van der Waals surface area contributed by atoms with E-state index in [4.69, 9.17) is 4.42 Å². The van der Waals surface area contributed by atoms with Crippen molar-refractivity contribution < 1.29 is 4.42 Å². The van der Waals surface area contributed by atoms with Gasteiger partial charge in [-0.05, 0) is 86.9 Å². The van der Waals surface area contributed by atoms with Gasteiger partial charge in [0.05, 0.1) is 5.69 Å². The molecule has 10 rings (SSSR count). The molecule has 0 aliphatic carbocycles. The fourth-order valence-corrected chi connectivity index (χ4v) is 7.69. The largest absolute Gasteiger partial charge is 0.455 e. The van der Waals surface area contributed by atoms with Crippen molar-refractivity contribution in [3.05, 3.63) is 200 Å². The van der Waals surface area contributed by atoms with Crippen LogP contribution in [0.15, 0.2) is 205 Å². The van der Waals surface area contributed by atoms with E-state index in [0.29, 0.717) is 0 Å². The normalized spacial score (nSPS) is 11.5. The summed E-state index contributed by atoms with van der Waals surface area (Å²) in [5.74, 6) is 0. The van der Waals surface area contributed by atoms with E-state index in [0.717, 1.165) is 55.5 Å². The van der Waals surface area contributed by atoms with Crippen molar-refractivity contribution in [2.45, 2.75) is 0 Å². The van der Waals surface area contributed by atoms with Crippen molar-refractivity contribution in [2.75, 3.05) is 4.90 Å². The smallest absolute Gasteiger partial charge is 0.143 e. The van der Waals surface area contributed by atoms with Gasteiger partial charge in [0.15, 0.2) is 0 Å². The fourth-order valence-electron chi connectivity index (χ4n) is 7.69. The second-order valence-corrected chi connectivity index (χ2v) is 13.3. The van der Waals surface area contributed by atoms with Crippen LogP contribution in [0, 0.1) is 0 Å². The van der Waals surface area contributed by atoms with Crippen LogP contribution in [-0.2, 0) is 0 Å². The number of rotatable bonds is 6. The maximum absolute atomic E-state index is 6.81. The van der Waals surface area contributed by atoms with Crippen molar-refractivity contribution in [1.29, 1.82) is 0 Å². The highest BCUT2D eigenvalue weighted by atomic mass is 16.3. The lowest BCUT2D eigenvalue weighted by molar-refractivity contribution is 0.674. The first kappa shape index (κ1) is 30.0. The van der Waals surface area contributed by atoms with E-state index < -0.39 is 0 Å². The van der Waals surface area contributed by atoms with Crippen LogP contribution in [0.25, 0.3) is 76.9 Å². The molecule has 0 fully saturated rings. The molecule has 1 heterocycles. The van der Waals surface area contributed by atoms with Crippen LogP contribution in [0.4, 0.5) is 17.1 Å². The van der Waals surface area contributed by atoms with E-state index in [1.54, 1.807) is 0 Å². The number of fused-ring (bicyclic) bond motifs is 6. The monoisotopic (exact) mass is 663 g/mol. The topological polar surface area (TPSA) is 16.4 Å².